The van der Waals surface area contributed by atoms with Gasteiger partial charge >= 0.3 is 25.8 Å². The zero-order chi connectivity index (χ0) is 42.6. The van der Waals surface area contributed by atoms with Crippen molar-refractivity contribution in [3.63, 3.8) is 0 Å². The van der Waals surface area contributed by atoms with Gasteiger partial charge in [-0.2, -0.15) is 0 Å². The third-order valence-electron chi connectivity index (χ3n) is 11.2. The van der Waals surface area contributed by atoms with Crippen molar-refractivity contribution >= 4 is 43.8 Å². The van der Waals surface area contributed by atoms with Crippen LogP contribution in [0, 0.1) is 0 Å². The number of carboxylic acids is 3. The van der Waals surface area contributed by atoms with Crippen LogP contribution in [0.5, 0.6) is 0 Å². The summed E-state index contributed by atoms with van der Waals surface area (Å²) >= 11 is 0. The standard InChI is InChI=1S/3C17H34O2.In/c3*1-2-3-4-5-6-7-8-9-10-11-12-13-14-15-16-17(18)19;/h3*2-16H2,1H3,(H,18,19);/q;;;+3/p-3. The van der Waals surface area contributed by atoms with Gasteiger partial charge in [0.2, 0.25) is 0 Å². The number of rotatable bonds is 45. The Balaban J connectivity index is -0.000000374. The van der Waals surface area contributed by atoms with Crippen molar-refractivity contribution in [1.29, 1.82) is 0 Å². The van der Waals surface area contributed by atoms with E-state index in [9.17, 15) is 29.7 Å². The zero-order valence-electron chi connectivity index (χ0n) is 39.3. The second kappa shape index (κ2) is 60.6. The number of hydrogen-bond acceptors (Lipinski definition) is 6. The molecule has 0 amide bonds. The fourth-order valence-electron chi connectivity index (χ4n) is 7.39. The summed E-state index contributed by atoms with van der Waals surface area (Å²) in [7, 11) is 0. The minimum absolute atomic E-state index is 0. The van der Waals surface area contributed by atoms with Crippen molar-refractivity contribution < 1.29 is 29.7 Å². The predicted molar refractivity (Wildman–Crippen MR) is 246 cm³/mol. The molecule has 0 N–H and O–H groups in total. The van der Waals surface area contributed by atoms with Crippen LogP contribution in [0.25, 0.3) is 0 Å². The zero-order valence-corrected chi connectivity index (χ0v) is 42.6. The van der Waals surface area contributed by atoms with Crippen LogP contribution in [0.2, 0.25) is 0 Å². The summed E-state index contributed by atoms with van der Waals surface area (Å²) in [5.41, 5.74) is 0. The summed E-state index contributed by atoms with van der Waals surface area (Å²) in [6, 6.07) is 0. The van der Waals surface area contributed by atoms with Gasteiger partial charge in [-0.1, -0.05) is 271 Å². The molecule has 0 saturated carbocycles. The van der Waals surface area contributed by atoms with Gasteiger partial charge in [0.25, 0.3) is 0 Å². The molecule has 0 fully saturated rings. The van der Waals surface area contributed by atoms with Crippen molar-refractivity contribution in [2.24, 2.45) is 0 Å². The molecule has 7 heteroatoms. The summed E-state index contributed by atoms with van der Waals surface area (Å²) in [4.78, 5) is 30.6. The number of carboxylic acid groups (broad SMARTS) is 3. The van der Waals surface area contributed by atoms with Crippen molar-refractivity contribution in [3.8, 4) is 0 Å². The third-order valence-corrected chi connectivity index (χ3v) is 11.2. The molecule has 0 radical (unpaired) electrons. The number of carbonyl (C=O) groups is 3. The molecular formula is C51H99InO6. The SMILES string of the molecule is CCCCCCCCCCCCCCCCC(=O)[O-].CCCCCCCCCCCCCCCCC(=O)[O-].CCCCCCCCCCCCCCCCC(=O)[O-].[In+3]. The van der Waals surface area contributed by atoms with E-state index in [1.54, 1.807) is 0 Å². The summed E-state index contributed by atoms with van der Waals surface area (Å²) in [6.07, 6.45) is 55.2. The van der Waals surface area contributed by atoms with E-state index in [-0.39, 0.29) is 45.1 Å². The molecule has 0 spiro atoms. The van der Waals surface area contributed by atoms with Crippen LogP contribution in [0.15, 0.2) is 0 Å². The van der Waals surface area contributed by atoms with E-state index in [4.69, 9.17) is 0 Å². The van der Waals surface area contributed by atoms with Gasteiger partial charge in [-0.05, 0) is 38.5 Å². The average Bonchev–Trinajstić information content (AvgIpc) is 3.18. The van der Waals surface area contributed by atoms with E-state index >= 15 is 0 Å². The van der Waals surface area contributed by atoms with Crippen LogP contribution in [0.4, 0.5) is 0 Å². The van der Waals surface area contributed by atoms with Crippen molar-refractivity contribution in [2.75, 3.05) is 0 Å². The topological polar surface area (TPSA) is 120 Å². The molecule has 342 valence electrons. The molecule has 0 atom stereocenters. The van der Waals surface area contributed by atoms with Crippen LogP contribution >= 0.6 is 0 Å². The summed E-state index contributed by atoms with van der Waals surface area (Å²) in [5.74, 6) is -2.71. The van der Waals surface area contributed by atoms with Gasteiger partial charge in [0.05, 0.1) is 0 Å². The maximum atomic E-state index is 10.2. The first-order valence-corrected chi connectivity index (χ1v) is 25.4. The van der Waals surface area contributed by atoms with Gasteiger partial charge < -0.3 is 29.7 Å². The smallest absolute Gasteiger partial charge is 0.550 e. The quantitative estimate of drug-likeness (QED) is 0.0561. The van der Waals surface area contributed by atoms with E-state index in [2.05, 4.69) is 20.8 Å². The van der Waals surface area contributed by atoms with Gasteiger partial charge in [-0.25, -0.2) is 0 Å². The van der Waals surface area contributed by atoms with E-state index < -0.39 is 17.9 Å². The Morgan fingerprint density at radius 1 is 0.224 bits per heavy atom. The number of aliphatic carboxylic acids is 3. The molecule has 0 saturated heterocycles. The second-order valence-corrected chi connectivity index (χ2v) is 17.2. The minimum atomic E-state index is -0.904. The molecule has 0 aliphatic heterocycles. The van der Waals surface area contributed by atoms with Crippen molar-refractivity contribution in [1.82, 2.24) is 0 Å². The van der Waals surface area contributed by atoms with Crippen LogP contribution in [0.1, 0.15) is 310 Å². The maximum Gasteiger partial charge on any atom is 3.00 e. The molecule has 0 aromatic rings. The molecule has 6 nitrogen and oxygen atoms in total. The monoisotopic (exact) mass is 923 g/mol. The van der Waals surface area contributed by atoms with E-state index in [0.717, 1.165) is 38.5 Å². The van der Waals surface area contributed by atoms with Gasteiger partial charge in [0, 0.05) is 17.9 Å². The van der Waals surface area contributed by atoms with Crippen LogP contribution < -0.4 is 15.3 Å². The largest absolute Gasteiger partial charge is 3.00 e. The molecule has 0 heterocycles. The molecule has 0 aliphatic carbocycles. The van der Waals surface area contributed by atoms with Crippen molar-refractivity contribution in [2.45, 2.75) is 310 Å². The molecule has 0 aliphatic rings. The summed E-state index contributed by atoms with van der Waals surface area (Å²) in [6.45, 7) is 6.79. The van der Waals surface area contributed by atoms with Gasteiger partial charge in [-0.3, -0.25) is 0 Å². The normalized spacial score (nSPS) is 10.6. The first-order valence-electron chi connectivity index (χ1n) is 25.4. The van der Waals surface area contributed by atoms with Gasteiger partial charge in [0.1, 0.15) is 0 Å². The van der Waals surface area contributed by atoms with Crippen LogP contribution in [0.3, 0.4) is 0 Å². The van der Waals surface area contributed by atoms with Crippen molar-refractivity contribution in [3.05, 3.63) is 0 Å². The minimum Gasteiger partial charge on any atom is -0.550 e. The fourth-order valence-corrected chi connectivity index (χ4v) is 7.39. The number of hydrogen-bond donors (Lipinski definition) is 0. The molecule has 0 unspecified atom stereocenters. The Labute approximate surface area is 381 Å². The van der Waals surface area contributed by atoms with Crippen LogP contribution in [-0.4, -0.2) is 43.8 Å². The first kappa shape index (κ1) is 63.9. The summed E-state index contributed by atoms with van der Waals surface area (Å²) in [5, 5.41) is 30.6. The molecule has 0 aromatic heterocycles. The third kappa shape index (κ3) is 72.9. The Morgan fingerprint density at radius 2 is 0.328 bits per heavy atom. The van der Waals surface area contributed by atoms with Gasteiger partial charge in [-0.15, -0.1) is 0 Å². The Morgan fingerprint density at radius 3 is 0.431 bits per heavy atom. The molecule has 0 aromatic carbocycles. The molecule has 0 rings (SSSR count). The average molecular weight is 923 g/mol. The second-order valence-electron chi connectivity index (χ2n) is 17.2. The number of carbonyl (C=O) groups excluding carboxylic acids is 3. The Kier molecular flexibility index (Phi) is 66.8. The Hall–Kier alpha value is -0.720. The molecule has 0 bridgehead atoms. The number of unbranched alkanes of at least 4 members (excludes halogenated alkanes) is 39. The van der Waals surface area contributed by atoms with E-state index in [1.165, 1.54) is 231 Å². The molecule has 58 heavy (non-hydrogen) atoms. The van der Waals surface area contributed by atoms with Crippen LogP contribution in [-0.2, 0) is 14.4 Å². The predicted octanol–water partition coefficient (Wildman–Crippen LogP) is 13.4. The van der Waals surface area contributed by atoms with Gasteiger partial charge in [0.15, 0.2) is 0 Å². The summed E-state index contributed by atoms with van der Waals surface area (Å²) < 4.78 is 0. The Bertz CT molecular complexity index is 676. The van der Waals surface area contributed by atoms with E-state index in [1.807, 2.05) is 0 Å². The molecular weight excluding hydrogens is 823 g/mol. The fraction of sp³-hybridized carbons (Fsp3) is 0.941. The first-order chi connectivity index (χ1) is 27.8. The van der Waals surface area contributed by atoms with E-state index in [0.29, 0.717) is 0 Å². The maximum absolute atomic E-state index is 10.2.